The number of pyridine rings is 1. The van der Waals surface area contributed by atoms with Crippen molar-refractivity contribution in [2.75, 3.05) is 6.61 Å². The number of nitrogens with zero attached hydrogens (tertiary/aromatic N) is 1. The van der Waals surface area contributed by atoms with Crippen molar-refractivity contribution in [2.24, 2.45) is 5.92 Å². The highest BCUT2D eigenvalue weighted by Crippen LogP contribution is 2.11. The minimum absolute atomic E-state index is 0.451. The Morgan fingerprint density at radius 2 is 2.21 bits per heavy atom. The SMILES string of the molecule is CC(C)CCOc1ccc(CCl)nc1. The fourth-order valence-electron chi connectivity index (χ4n) is 0.988. The second kappa shape index (κ2) is 5.86. The molecule has 2 nitrogen and oxygen atoms in total. The Balaban J connectivity index is 2.36. The molecule has 0 N–H and O–H groups in total. The van der Waals surface area contributed by atoms with Crippen molar-refractivity contribution in [1.29, 1.82) is 0 Å². The molecule has 0 amide bonds. The molecule has 78 valence electrons. The van der Waals surface area contributed by atoms with Gasteiger partial charge in [-0.1, -0.05) is 13.8 Å². The summed E-state index contributed by atoms with van der Waals surface area (Å²) in [6.07, 6.45) is 2.79. The van der Waals surface area contributed by atoms with Crippen LogP contribution in [0.2, 0.25) is 0 Å². The van der Waals surface area contributed by atoms with Crippen LogP contribution in [0.5, 0.6) is 5.75 Å². The third kappa shape index (κ3) is 3.97. The van der Waals surface area contributed by atoms with Crippen LogP contribution in [0.4, 0.5) is 0 Å². The van der Waals surface area contributed by atoms with E-state index in [2.05, 4.69) is 18.8 Å². The minimum Gasteiger partial charge on any atom is -0.492 e. The Morgan fingerprint density at radius 3 is 2.71 bits per heavy atom. The van der Waals surface area contributed by atoms with E-state index < -0.39 is 0 Å². The zero-order chi connectivity index (χ0) is 10.4. The third-order valence-corrected chi connectivity index (χ3v) is 2.17. The number of hydrogen-bond acceptors (Lipinski definition) is 2. The predicted molar refractivity (Wildman–Crippen MR) is 58.7 cm³/mol. The van der Waals surface area contributed by atoms with Gasteiger partial charge >= 0.3 is 0 Å². The lowest BCUT2D eigenvalue weighted by Gasteiger charge is -2.07. The first kappa shape index (κ1) is 11.3. The molecule has 3 heteroatoms. The van der Waals surface area contributed by atoms with Gasteiger partial charge in [0.05, 0.1) is 24.4 Å². The molecule has 1 rings (SSSR count). The molecule has 1 aromatic rings. The maximum atomic E-state index is 5.62. The number of aromatic nitrogens is 1. The number of alkyl halides is 1. The lowest BCUT2D eigenvalue weighted by atomic mass is 10.1. The van der Waals surface area contributed by atoms with Crippen molar-refractivity contribution in [3.05, 3.63) is 24.0 Å². The molecule has 0 aliphatic rings. The first-order valence-electron chi connectivity index (χ1n) is 4.86. The highest BCUT2D eigenvalue weighted by atomic mass is 35.5. The molecule has 14 heavy (non-hydrogen) atoms. The molecule has 0 fully saturated rings. The molecule has 1 aromatic heterocycles. The highest BCUT2D eigenvalue weighted by Gasteiger charge is 1.97. The summed E-state index contributed by atoms with van der Waals surface area (Å²) in [7, 11) is 0. The van der Waals surface area contributed by atoms with E-state index in [9.17, 15) is 0 Å². The fraction of sp³-hybridized carbons (Fsp3) is 0.545. The minimum atomic E-state index is 0.451. The zero-order valence-electron chi connectivity index (χ0n) is 8.66. The van der Waals surface area contributed by atoms with Gasteiger partial charge in [0.25, 0.3) is 0 Å². The lowest BCUT2D eigenvalue weighted by molar-refractivity contribution is 0.288. The molecular formula is C11H16ClNO. The average Bonchev–Trinajstić information content (AvgIpc) is 2.18. The monoisotopic (exact) mass is 213 g/mol. The van der Waals surface area contributed by atoms with E-state index in [0.717, 1.165) is 24.5 Å². The molecule has 0 saturated heterocycles. The van der Waals surface area contributed by atoms with Gasteiger partial charge in [0, 0.05) is 0 Å². The Bertz CT molecular complexity index is 258. The molecule has 0 radical (unpaired) electrons. The smallest absolute Gasteiger partial charge is 0.137 e. The van der Waals surface area contributed by atoms with Crippen LogP contribution >= 0.6 is 11.6 Å². The quantitative estimate of drug-likeness (QED) is 0.701. The van der Waals surface area contributed by atoms with Gasteiger partial charge in [0.2, 0.25) is 0 Å². The number of halogens is 1. The van der Waals surface area contributed by atoms with E-state index in [0.29, 0.717) is 11.8 Å². The zero-order valence-corrected chi connectivity index (χ0v) is 9.42. The van der Waals surface area contributed by atoms with Crippen molar-refractivity contribution in [2.45, 2.75) is 26.1 Å². The molecule has 0 aliphatic heterocycles. The van der Waals surface area contributed by atoms with Gasteiger partial charge in [-0.05, 0) is 24.5 Å². The van der Waals surface area contributed by atoms with Gasteiger partial charge in [-0.25, -0.2) is 0 Å². The summed E-state index contributed by atoms with van der Waals surface area (Å²) in [6.45, 7) is 5.11. The lowest BCUT2D eigenvalue weighted by Crippen LogP contribution is -2.01. The van der Waals surface area contributed by atoms with Crippen LogP contribution in [0.25, 0.3) is 0 Å². The summed E-state index contributed by atoms with van der Waals surface area (Å²) in [5, 5.41) is 0. The van der Waals surface area contributed by atoms with Crippen LogP contribution in [0.3, 0.4) is 0 Å². The first-order chi connectivity index (χ1) is 6.72. The summed E-state index contributed by atoms with van der Waals surface area (Å²) in [5.41, 5.74) is 0.878. The molecule has 0 aromatic carbocycles. The number of hydrogen-bond donors (Lipinski definition) is 0. The average molecular weight is 214 g/mol. The first-order valence-corrected chi connectivity index (χ1v) is 5.39. The van der Waals surface area contributed by atoms with Crippen molar-refractivity contribution < 1.29 is 4.74 Å². The van der Waals surface area contributed by atoms with Gasteiger partial charge in [0.15, 0.2) is 0 Å². The van der Waals surface area contributed by atoms with Crippen molar-refractivity contribution in [3.8, 4) is 5.75 Å². The largest absolute Gasteiger partial charge is 0.492 e. The molecule has 1 heterocycles. The normalized spacial score (nSPS) is 10.6. The predicted octanol–water partition coefficient (Wildman–Crippen LogP) is 3.25. The van der Waals surface area contributed by atoms with Gasteiger partial charge in [-0.2, -0.15) is 0 Å². The van der Waals surface area contributed by atoms with Crippen LogP contribution in [0, 0.1) is 5.92 Å². The molecule has 0 unspecified atom stereocenters. The second-order valence-electron chi connectivity index (χ2n) is 3.65. The molecular weight excluding hydrogens is 198 g/mol. The van der Waals surface area contributed by atoms with E-state index in [1.54, 1.807) is 6.20 Å². The van der Waals surface area contributed by atoms with Crippen molar-refractivity contribution >= 4 is 11.6 Å². The summed E-state index contributed by atoms with van der Waals surface area (Å²) in [4.78, 5) is 4.14. The van der Waals surface area contributed by atoms with E-state index >= 15 is 0 Å². The summed E-state index contributed by atoms with van der Waals surface area (Å²) in [5.74, 6) is 1.94. The third-order valence-electron chi connectivity index (χ3n) is 1.90. The van der Waals surface area contributed by atoms with Gasteiger partial charge in [-0.3, -0.25) is 4.98 Å². The van der Waals surface area contributed by atoms with E-state index in [1.807, 2.05) is 12.1 Å². The Labute approximate surface area is 90.3 Å². The van der Waals surface area contributed by atoms with Crippen molar-refractivity contribution in [1.82, 2.24) is 4.98 Å². The summed E-state index contributed by atoms with van der Waals surface area (Å²) >= 11 is 5.62. The molecule has 0 aliphatic carbocycles. The Kier molecular flexibility index (Phi) is 4.74. The van der Waals surface area contributed by atoms with E-state index in [-0.39, 0.29) is 0 Å². The van der Waals surface area contributed by atoms with Gasteiger partial charge in [-0.15, -0.1) is 11.6 Å². The maximum absolute atomic E-state index is 5.62. The van der Waals surface area contributed by atoms with Crippen LogP contribution in [-0.4, -0.2) is 11.6 Å². The second-order valence-corrected chi connectivity index (χ2v) is 3.92. The van der Waals surface area contributed by atoms with Gasteiger partial charge < -0.3 is 4.74 Å². The summed E-state index contributed by atoms with van der Waals surface area (Å²) < 4.78 is 5.51. The van der Waals surface area contributed by atoms with Crippen LogP contribution < -0.4 is 4.74 Å². The molecule has 0 spiro atoms. The van der Waals surface area contributed by atoms with Gasteiger partial charge in [0.1, 0.15) is 5.75 Å². The Morgan fingerprint density at radius 1 is 1.43 bits per heavy atom. The fourth-order valence-corrected chi connectivity index (χ4v) is 1.15. The summed E-state index contributed by atoms with van der Waals surface area (Å²) in [6, 6.07) is 3.79. The van der Waals surface area contributed by atoms with E-state index in [4.69, 9.17) is 16.3 Å². The maximum Gasteiger partial charge on any atom is 0.137 e. The highest BCUT2D eigenvalue weighted by molar-refractivity contribution is 6.16. The molecule has 0 saturated carbocycles. The van der Waals surface area contributed by atoms with Crippen molar-refractivity contribution in [3.63, 3.8) is 0 Å². The standard InChI is InChI=1S/C11H16ClNO/c1-9(2)5-6-14-11-4-3-10(7-12)13-8-11/h3-4,8-9H,5-7H2,1-2H3. The Hall–Kier alpha value is -0.760. The van der Waals surface area contributed by atoms with Crippen LogP contribution in [0.1, 0.15) is 26.0 Å². The van der Waals surface area contributed by atoms with Crippen LogP contribution in [-0.2, 0) is 5.88 Å². The van der Waals surface area contributed by atoms with E-state index in [1.165, 1.54) is 0 Å². The molecule has 0 bridgehead atoms. The molecule has 0 atom stereocenters. The van der Waals surface area contributed by atoms with Crippen LogP contribution in [0.15, 0.2) is 18.3 Å². The number of rotatable bonds is 5. The topological polar surface area (TPSA) is 22.1 Å². The number of ether oxygens (including phenoxy) is 1.